The third kappa shape index (κ3) is 7.98. The second-order valence-corrected chi connectivity index (χ2v) is 13.7. The van der Waals surface area contributed by atoms with Gasteiger partial charge in [0.05, 0.1) is 5.41 Å². The highest BCUT2D eigenvalue weighted by Crippen LogP contribution is 2.62. The van der Waals surface area contributed by atoms with Crippen LogP contribution in [0.1, 0.15) is 157 Å². The molecule has 0 spiro atoms. The predicted octanol–water partition coefficient (Wildman–Crippen LogP) is 10.3. The zero-order chi connectivity index (χ0) is 26.7. The molecule has 1 saturated carbocycles. The quantitative estimate of drug-likeness (QED) is 0.205. The molecule has 1 N–H and O–H groups in total. The highest BCUT2D eigenvalue weighted by atomic mass is 16.2. The van der Waals surface area contributed by atoms with Crippen LogP contribution < -0.4 is 5.32 Å². The van der Waals surface area contributed by atoms with E-state index in [1.54, 1.807) is 11.1 Å². The first-order valence-electron chi connectivity index (χ1n) is 16.5. The number of nitrogens with one attached hydrogen (secondary N) is 1. The SMILES string of the molecule is CCCCCCCCCCCCCCCNC(=O)[C@]1(C)CCC[C@@]2(C)C1CC=C1C=C(C(C)C)CC[C@@H]12. The summed E-state index contributed by atoms with van der Waals surface area (Å²) in [5.74, 6) is 2.11. The van der Waals surface area contributed by atoms with Crippen LogP contribution in [0, 0.1) is 28.6 Å². The molecule has 3 aliphatic rings. The summed E-state index contributed by atoms with van der Waals surface area (Å²) in [6.07, 6.45) is 30.0. The van der Waals surface area contributed by atoms with Crippen LogP contribution >= 0.6 is 0 Å². The number of allylic oxidation sites excluding steroid dienone is 4. The molecular formula is C35H61NO. The van der Waals surface area contributed by atoms with Gasteiger partial charge in [-0.3, -0.25) is 4.79 Å². The van der Waals surface area contributed by atoms with Crippen LogP contribution in [0.15, 0.2) is 23.3 Å². The highest BCUT2D eigenvalue weighted by Gasteiger charge is 2.56. The fraction of sp³-hybridized carbons (Fsp3) is 0.857. The van der Waals surface area contributed by atoms with Crippen molar-refractivity contribution in [3.05, 3.63) is 23.3 Å². The van der Waals surface area contributed by atoms with E-state index >= 15 is 0 Å². The highest BCUT2D eigenvalue weighted by molar-refractivity contribution is 5.83. The maximum absolute atomic E-state index is 13.6. The predicted molar refractivity (Wildman–Crippen MR) is 161 cm³/mol. The van der Waals surface area contributed by atoms with E-state index in [-0.39, 0.29) is 10.8 Å². The Labute approximate surface area is 230 Å². The Morgan fingerprint density at radius 2 is 1.51 bits per heavy atom. The Hall–Kier alpha value is -1.05. The zero-order valence-corrected chi connectivity index (χ0v) is 25.4. The van der Waals surface area contributed by atoms with E-state index in [1.807, 2.05) is 0 Å². The number of hydrogen-bond acceptors (Lipinski definition) is 1. The number of amides is 1. The largest absolute Gasteiger partial charge is 0.356 e. The minimum Gasteiger partial charge on any atom is -0.356 e. The lowest BCUT2D eigenvalue weighted by atomic mass is 9.46. The second kappa shape index (κ2) is 14.9. The van der Waals surface area contributed by atoms with E-state index in [0.29, 0.717) is 23.7 Å². The summed E-state index contributed by atoms with van der Waals surface area (Å²) in [7, 11) is 0. The maximum Gasteiger partial charge on any atom is 0.226 e. The first kappa shape index (κ1) is 30.5. The van der Waals surface area contributed by atoms with Gasteiger partial charge in [0, 0.05) is 6.54 Å². The van der Waals surface area contributed by atoms with Crippen molar-refractivity contribution in [3.63, 3.8) is 0 Å². The number of carbonyl (C=O) groups excluding carboxylic acids is 1. The Balaban J connectivity index is 1.36. The summed E-state index contributed by atoms with van der Waals surface area (Å²) < 4.78 is 0. The van der Waals surface area contributed by atoms with E-state index in [2.05, 4.69) is 52.1 Å². The maximum atomic E-state index is 13.6. The molecule has 4 atom stereocenters. The molecule has 0 aromatic carbocycles. The molecule has 0 radical (unpaired) electrons. The van der Waals surface area contributed by atoms with Gasteiger partial charge in [-0.1, -0.05) is 136 Å². The summed E-state index contributed by atoms with van der Waals surface area (Å²) in [6, 6.07) is 0. The zero-order valence-electron chi connectivity index (χ0n) is 25.4. The Morgan fingerprint density at radius 3 is 2.11 bits per heavy atom. The van der Waals surface area contributed by atoms with Gasteiger partial charge in [-0.15, -0.1) is 0 Å². The minimum absolute atomic E-state index is 0.215. The summed E-state index contributed by atoms with van der Waals surface area (Å²) in [6.45, 7) is 12.6. The number of fused-ring (bicyclic) bond motifs is 3. The average Bonchev–Trinajstić information content (AvgIpc) is 2.88. The minimum atomic E-state index is -0.215. The molecule has 212 valence electrons. The fourth-order valence-corrected chi connectivity index (χ4v) is 8.16. The molecule has 0 aliphatic heterocycles. The van der Waals surface area contributed by atoms with Gasteiger partial charge >= 0.3 is 0 Å². The van der Waals surface area contributed by atoms with E-state index < -0.39 is 0 Å². The van der Waals surface area contributed by atoms with Gasteiger partial charge in [-0.25, -0.2) is 0 Å². The topological polar surface area (TPSA) is 29.1 Å². The number of carbonyl (C=O) groups is 1. The molecule has 2 nitrogen and oxygen atoms in total. The van der Waals surface area contributed by atoms with Crippen molar-refractivity contribution in [1.29, 1.82) is 0 Å². The number of hydrogen-bond donors (Lipinski definition) is 1. The van der Waals surface area contributed by atoms with Gasteiger partial charge in [0.15, 0.2) is 0 Å². The third-order valence-electron chi connectivity index (χ3n) is 10.7. The molecule has 1 amide bonds. The number of unbranched alkanes of at least 4 members (excludes halogenated alkanes) is 12. The van der Waals surface area contributed by atoms with Crippen molar-refractivity contribution >= 4 is 5.91 Å². The molecule has 0 bridgehead atoms. The van der Waals surface area contributed by atoms with Crippen LogP contribution in [0.5, 0.6) is 0 Å². The normalized spacial score (nSPS) is 29.4. The summed E-state index contributed by atoms with van der Waals surface area (Å²) in [4.78, 5) is 13.6. The van der Waals surface area contributed by atoms with Crippen molar-refractivity contribution in [3.8, 4) is 0 Å². The van der Waals surface area contributed by atoms with Gasteiger partial charge in [0.1, 0.15) is 0 Å². The summed E-state index contributed by atoms with van der Waals surface area (Å²) in [5, 5.41) is 3.41. The van der Waals surface area contributed by atoms with Crippen LogP contribution in [0.25, 0.3) is 0 Å². The first-order chi connectivity index (χ1) is 17.8. The third-order valence-corrected chi connectivity index (χ3v) is 10.7. The van der Waals surface area contributed by atoms with Crippen molar-refractivity contribution < 1.29 is 4.79 Å². The standard InChI is InChI=1S/C35H61NO/c1-6-7-8-9-10-11-12-13-14-15-16-17-18-26-36-33(37)35(5)25-19-24-34(4)31-22-20-29(28(2)3)27-30(31)21-23-32(34)35/h21,27-28,31-32H,6-20,22-26H2,1-5H3,(H,36,37)/t31-,32?,34+,35+/m0/s1. The Kier molecular flexibility index (Phi) is 12.3. The lowest BCUT2D eigenvalue weighted by Gasteiger charge is -2.57. The first-order valence-corrected chi connectivity index (χ1v) is 16.5. The molecule has 0 aromatic rings. The Bertz CT molecular complexity index is 763. The molecule has 1 fully saturated rings. The van der Waals surface area contributed by atoms with Gasteiger partial charge in [0.25, 0.3) is 0 Å². The molecule has 1 unspecified atom stereocenters. The smallest absolute Gasteiger partial charge is 0.226 e. The van der Waals surface area contributed by atoms with Crippen LogP contribution in [0.3, 0.4) is 0 Å². The van der Waals surface area contributed by atoms with Crippen molar-refractivity contribution in [2.24, 2.45) is 28.6 Å². The molecule has 3 aliphatic carbocycles. The second-order valence-electron chi connectivity index (χ2n) is 13.7. The monoisotopic (exact) mass is 511 g/mol. The molecule has 3 rings (SSSR count). The molecule has 0 aromatic heterocycles. The lowest BCUT2D eigenvalue weighted by molar-refractivity contribution is -0.144. The number of rotatable bonds is 16. The molecular weight excluding hydrogens is 450 g/mol. The van der Waals surface area contributed by atoms with Crippen molar-refractivity contribution in [2.45, 2.75) is 157 Å². The van der Waals surface area contributed by atoms with Crippen LogP contribution in [0.2, 0.25) is 0 Å². The lowest BCUT2D eigenvalue weighted by Crippen LogP contribution is -2.55. The van der Waals surface area contributed by atoms with E-state index in [1.165, 1.54) is 103 Å². The molecule has 0 heterocycles. The van der Waals surface area contributed by atoms with Crippen molar-refractivity contribution in [2.75, 3.05) is 6.54 Å². The molecule has 37 heavy (non-hydrogen) atoms. The van der Waals surface area contributed by atoms with E-state index in [4.69, 9.17) is 0 Å². The van der Waals surface area contributed by atoms with Crippen molar-refractivity contribution in [1.82, 2.24) is 5.32 Å². The van der Waals surface area contributed by atoms with Gasteiger partial charge < -0.3 is 5.32 Å². The van der Waals surface area contributed by atoms with E-state index in [0.717, 1.165) is 25.8 Å². The fourth-order valence-electron chi connectivity index (χ4n) is 8.16. The molecule has 0 saturated heterocycles. The Morgan fingerprint density at radius 1 is 0.919 bits per heavy atom. The van der Waals surface area contributed by atoms with Gasteiger partial charge in [0.2, 0.25) is 5.91 Å². The van der Waals surface area contributed by atoms with Gasteiger partial charge in [-0.05, 0) is 67.3 Å². The molecule has 2 heteroatoms. The van der Waals surface area contributed by atoms with Gasteiger partial charge in [-0.2, -0.15) is 0 Å². The summed E-state index contributed by atoms with van der Waals surface area (Å²) >= 11 is 0. The van der Waals surface area contributed by atoms with Crippen LogP contribution in [-0.2, 0) is 4.79 Å². The van der Waals surface area contributed by atoms with Crippen LogP contribution in [-0.4, -0.2) is 12.5 Å². The summed E-state index contributed by atoms with van der Waals surface area (Å²) in [5.41, 5.74) is 3.26. The average molecular weight is 512 g/mol. The van der Waals surface area contributed by atoms with E-state index in [9.17, 15) is 4.79 Å². The van der Waals surface area contributed by atoms with Crippen LogP contribution in [0.4, 0.5) is 0 Å².